The molecule has 0 spiro atoms. The van der Waals surface area contributed by atoms with Crippen molar-refractivity contribution in [3.8, 4) is 10.6 Å². The summed E-state index contributed by atoms with van der Waals surface area (Å²) in [5.41, 5.74) is 0.000813. The van der Waals surface area contributed by atoms with Gasteiger partial charge in [0.05, 0.1) is 20.7 Å². The monoisotopic (exact) mass is 374 g/mol. The van der Waals surface area contributed by atoms with Gasteiger partial charge in [0.1, 0.15) is 11.1 Å². The van der Waals surface area contributed by atoms with Crippen LogP contribution < -0.4 is 5.36 Å². The zero-order valence-corrected chi connectivity index (χ0v) is 12.6. The van der Waals surface area contributed by atoms with Gasteiger partial charge in [-0.2, -0.15) is 13.2 Å². The van der Waals surface area contributed by atoms with E-state index in [9.17, 15) is 13.2 Å². The summed E-state index contributed by atoms with van der Waals surface area (Å²) in [5, 5.41) is 11.7. The summed E-state index contributed by atoms with van der Waals surface area (Å²) in [4.78, 5) is 4.59. The lowest BCUT2D eigenvalue weighted by molar-refractivity contribution is -0.137. The van der Waals surface area contributed by atoms with E-state index in [-0.39, 0.29) is 11.1 Å². The van der Waals surface area contributed by atoms with Gasteiger partial charge in [-0.3, -0.25) is 0 Å². The molecule has 3 rings (SSSR count). The Balaban J connectivity index is 2.42. The normalized spacial score (nSPS) is 13.2. The fraction of sp³-hybridized carbons (Fsp3) is 0.0769. The van der Waals surface area contributed by atoms with Gasteiger partial charge in [-0.15, -0.1) is 11.3 Å². The number of alkyl halides is 3. The number of aromatic nitrogens is 1. The molecule has 0 atom stereocenters. The molecule has 0 amide bonds. The summed E-state index contributed by atoms with van der Waals surface area (Å²) in [6.45, 7) is 0. The van der Waals surface area contributed by atoms with Crippen molar-refractivity contribution in [3.63, 3.8) is 0 Å². The molecule has 1 aromatic rings. The second-order valence-corrected chi connectivity index (χ2v) is 6.27. The Kier molecular flexibility index (Phi) is 3.37. The minimum absolute atomic E-state index is 0.194. The predicted molar refractivity (Wildman–Crippen MR) is 76.3 cm³/mol. The Hall–Kier alpha value is -1.67. The highest BCUT2D eigenvalue weighted by Crippen LogP contribution is 2.35. The highest BCUT2D eigenvalue weighted by molar-refractivity contribution is 9.10. The van der Waals surface area contributed by atoms with Crippen LogP contribution in [0.15, 0.2) is 40.0 Å². The van der Waals surface area contributed by atoms with E-state index in [2.05, 4.69) is 26.1 Å². The second-order valence-electron chi connectivity index (χ2n) is 4.27. The van der Waals surface area contributed by atoms with E-state index >= 15 is 0 Å². The van der Waals surface area contributed by atoms with Gasteiger partial charge in [0.15, 0.2) is 0 Å². The lowest BCUT2D eigenvalue weighted by atomic mass is 10.1. The van der Waals surface area contributed by atoms with Crippen LogP contribution in [0.3, 0.4) is 0 Å². The van der Waals surface area contributed by atoms with Gasteiger partial charge in [0.2, 0.25) is 0 Å². The van der Waals surface area contributed by atoms with E-state index in [4.69, 9.17) is 5.21 Å². The summed E-state index contributed by atoms with van der Waals surface area (Å²) < 4.78 is 40.1. The average Bonchev–Trinajstić information content (AvgIpc) is 2.42. The smallest absolute Gasteiger partial charge is 0.410 e. The molecule has 21 heavy (non-hydrogen) atoms. The lowest BCUT2D eigenvalue weighted by Gasteiger charge is -2.11. The molecule has 0 bridgehead atoms. The summed E-state index contributed by atoms with van der Waals surface area (Å²) in [7, 11) is 0. The molecule has 0 fully saturated rings. The molecule has 1 aromatic carbocycles. The standard InChI is InChI=1S/C13H6BrF3N2OS/c14-7-1-2-8-10(5-7)21-11-4-6(13(15,16)17)3-9(19-20)12(11)18-8/h1-5,20H. The summed E-state index contributed by atoms with van der Waals surface area (Å²) in [5.74, 6) is 0. The minimum atomic E-state index is -4.51. The molecule has 8 heteroatoms. The Morgan fingerprint density at radius 1 is 1.19 bits per heavy atom. The third kappa shape index (κ3) is 2.60. The lowest BCUT2D eigenvalue weighted by Crippen LogP contribution is -2.15. The summed E-state index contributed by atoms with van der Waals surface area (Å²) in [6, 6.07) is 7.11. The average molecular weight is 375 g/mol. The maximum Gasteiger partial charge on any atom is 0.416 e. The molecule has 0 saturated carbocycles. The van der Waals surface area contributed by atoms with Crippen LogP contribution in [0.1, 0.15) is 5.56 Å². The van der Waals surface area contributed by atoms with Crippen LogP contribution in [-0.4, -0.2) is 10.2 Å². The Morgan fingerprint density at radius 3 is 2.62 bits per heavy atom. The molecule has 1 heterocycles. The number of benzene rings is 2. The van der Waals surface area contributed by atoms with Crippen LogP contribution in [0.2, 0.25) is 0 Å². The van der Waals surface area contributed by atoms with Gasteiger partial charge in [0.25, 0.3) is 0 Å². The quantitative estimate of drug-likeness (QED) is 0.358. The molecule has 1 aliphatic heterocycles. The molecule has 2 aliphatic rings. The molecule has 0 unspecified atom stereocenters. The minimum Gasteiger partial charge on any atom is -0.410 e. The van der Waals surface area contributed by atoms with Crippen molar-refractivity contribution in [3.05, 3.63) is 45.7 Å². The van der Waals surface area contributed by atoms with Crippen LogP contribution in [0.4, 0.5) is 13.2 Å². The molecule has 108 valence electrons. The van der Waals surface area contributed by atoms with Crippen molar-refractivity contribution in [2.75, 3.05) is 0 Å². The van der Waals surface area contributed by atoms with E-state index < -0.39 is 11.7 Å². The predicted octanol–water partition coefficient (Wildman–Crippen LogP) is 4.47. The maximum absolute atomic E-state index is 12.9. The third-order valence-corrected chi connectivity index (χ3v) is 4.44. The van der Waals surface area contributed by atoms with Gasteiger partial charge in [-0.25, -0.2) is 4.98 Å². The summed E-state index contributed by atoms with van der Waals surface area (Å²) >= 11 is 4.47. The van der Waals surface area contributed by atoms with E-state index in [0.29, 0.717) is 10.4 Å². The third-order valence-electron chi connectivity index (χ3n) is 2.86. The largest absolute Gasteiger partial charge is 0.416 e. The number of fused-ring (bicyclic) bond motifs is 2. The molecule has 0 saturated heterocycles. The molecular formula is C13H6BrF3N2OS. The van der Waals surface area contributed by atoms with Crippen LogP contribution in [0.25, 0.3) is 20.8 Å². The number of hydrogen-bond acceptors (Lipinski definition) is 4. The van der Waals surface area contributed by atoms with Gasteiger partial charge in [-0.1, -0.05) is 21.1 Å². The van der Waals surface area contributed by atoms with E-state index in [1.807, 2.05) is 0 Å². The molecule has 0 aromatic heterocycles. The Labute approximate surface area is 128 Å². The highest BCUT2D eigenvalue weighted by Gasteiger charge is 2.32. The van der Waals surface area contributed by atoms with Crippen LogP contribution in [0.5, 0.6) is 0 Å². The molecule has 1 N–H and O–H groups in total. The van der Waals surface area contributed by atoms with Crippen LogP contribution in [0, 0.1) is 0 Å². The number of nitrogens with zero attached hydrogens (tertiary/aromatic N) is 2. The topological polar surface area (TPSA) is 45.5 Å². The first-order chi connectivity index (χ1) is 9.88. The fourth-order valence-corrected chi connectivity index (χ4v) is 3.51. The van der Waals surface area contributed by atoms with E-state index in [1.54, 1.807) is 18.2 Å². The molecule has 0 radical (unpaired) electrons. The van der Waals surface area contributed by atoms with Gasteiger partial charge in [-0.05, 0) is 30.3 Å². The van der Waals surface area contributed by atoms with Crippen molar-refractivity contribution in [2.24, 2.45) is 5.16 Å². The van der Waals surface area contributed by atoms with Crippen molar-refractivity contribution in [1.82, 2.24) is 4.98 Å². The number of rotatable bonds is 0. The second kappa shape index (κ2) is 4.96. The molecular weight excluding hydrogens is 369 g/mol. The van der Waals surface area contributed by atoms with Gasteiger partial charge >= 0.3 is 6.18 Å². The maximum atomic E-state index is 12.9. The Morgan fingerprint density at radius 2 is 1.95 bits per heavy atom. The number of hydrogen-bond donors (Lipinski definition) is 1. The van der Waals surface area contributed by atoms with Crippen LogP contribution >= 0.6 is 27.3 Å². The van der Waals surface area contributed by atoms with Crippen molar-refractivity contribution in [1.29, 1.82) is 0 Å². The highest BCUT2D eigenvalue weighted by atomic mass is 79.9. The van der Waals surface area contributed by atoms with E-state index in [1.165, 1.54) is 0 Å². The molecule has 1 aliphatic carbocycles. The van der Waals surface area contributed by atoms with Crippen molar-refractivity contribution < 1.29 is 18.4 Å². The zero-order chi connectivity index (χ0) is 15.2. The first-order valence-electron chi connectivity index (χ1n) is 5.68. The number of halogens is 4. The first-order valence-corrected chi connectivity index (χ1v) is 7.29. The van der Waals surface area contributed by atoms with Crippen molar-refractivity contribution >= 4 is 37.5 Å². The van der Waals surface area contributed by atoms with E-state index in [0.717, 1.165) is 32.6 Å². The van der Waals surface area contributed by atoms with Gasteiger partial charge in [0, 0.05) is 4.47 Å². The Bertz CT molecular complexity index is 876. The SMILES string of the molecule is ON=c1cc(C(F)(F)F)cc2sc3cc(Br)ccc3nc1-2. The first kappa shape index (κ1) is 14.3. The zero-order valence-electron chi connectivity index (χ0n) is 10.1. The summed E-state index contributed by atoms with van der Waals surface area (Å²) in [6.07, 6.45) is -4.51. The molecule has 3 nitrogen and oxygen atoms in total. The fourth-order valence-electron chi connectivity index (χ4n) is 1.92. The van der Waals surface area contributed by atoms with Crippen LogP contribution in [-0.2, 0) is 6.18 Å². The van der Waals surface area contributed by atoms with Gasteiger partial charge < -0.3 is 5.21 Å². The van der Waals surface area contributed by atoms with Crippen molar-refractivity contribution in [2.45, 2.75) is 6.18 Å².